The van der Waals surface area contributed by atoms with E-state index in [-0.39, 0.29) is 25.0 Å². The van der Waals surface area contributed by atoms with Gasteiger partial charge in [-0.2, -0.15) is 0 Å². The fourth-order valence-corrected chi connectivity index (χ4v) is 2.08. The van der Waals surface area contributed by atoms with E-state index in [1.54, 1.807) is 44.4 Å². The monoisotopic (exact) mass is 346 g/mol. The van der Waals surface area contributed by atoms with Crippen molar-refractivity contribution in [3.05, 3.63) is 64.7 Å². The molecule has 0 saturated carbocycles. The quantitative estimate of drug-likeness (QED) is 0.839. The summed E-state index contributed by atoms with van der Waals surface area (Å²) in [4.78, 5) is 25.0. The first-order valence-corrected chi connectivity index (χ1v) is 7.79. The van der Waals surface area contributed by atoms with Crippen LogP contribution < -0.4 is 5.32 Å². The predicted octanol–water partition coefficient (Wildman–Crippen LogP) is 3.72. The van der Waals surface area contributed by atoms with Crippen molar-refractivity contribution in [3.63, 3.8) is 0 Å². The summed E-state index contributed by atoms with van der Waals surface area (Å²) in [6.07, 6.45) is 0.138. The van der Waals surface area contributed by atoms with Crippen molar-refractivity contribution in [2.24, 2.45) is 0 Å². The third-order valence-corrected chi connectivity index (χ3v) is 3.50. The Morgan fingerprint density at radius 1 is 1.08 bits per heavy atom. The van der Waals surface area contributed by atoms with Crippen molar-refractivity contribution in [2.45, 2.75) is 13.0 Å². The number of nitrogens with zero attached hydrogens (tertiary/aromatic N) is 1. The molecule has 0 spiro atoms. The minimum atomic E-state index is -0.332. The van der Waals surface area contributed by atoms with Gasteiger partial charge in [0.2, 0.25) is 0 Å². The molecule has 0 bridgehead atoms. The normalized spacial score (nSPS) is 10.1. The highest BCUT2D eigenvalue weighted by molar-refractivity contribution is 6.30. The van der Waals surface area contributed by atoms with Crippen LogP contribution in [0.3, 0.4) is 0 Å². The minimum absolute atomic E-state index is 0.138. The SMILES string of the molecule is CN(C)C(=O)Nc1cccc(CC(=O)OCc2ccc(Cl)cc2)c1. The maximum Gasteiger partial charge on any atom is 0.321 e. The first-order valence-electron chi connectivity index (χ1n) is 7.41. The predicted molar refractivity (Wildman–Crippen MR) is 94.1 cm³/mol. The van der Waals surface area contributed by atoms with Gasteiger partial charge in [-0.25, -0.2) is 4.79 Å². The number of benzene rings is 2. The minimum Gasteiger partial charge on any atom is -0.461 e. The van der Waals surface area contributed by atoms with Crippen molar-refractivity contribution >= 4 is 29.3 Å². The molecule has 2 aromatic rings. The molecule has 0 aliphatic rings. The third-order valence-electron chi connectivity index (χ3n) is 3.25. The number of esters is 1. The smallest absolute Gasteiger partial charge is 0.321 e. The fourth-order valence-electron chi connectivity index (χ4n) is 1.96. The number of carbonyl (C=O) groups excluding carboxylic acids is 2. The van der Waals surface area contributed by atoms with Crippen LogP contribution in [0.1, 0.15) is 11.1 Å². The highest BCUT2D eigenvalue weighted by Gasteiger charge is 2.08. The van der Waals surface area contributed by atoms with Crippen LogP contribution in [-0.2, 0) is 22.6 Å². The molecule has 5 nitrogen and oxygen atoms in total. The van der Waals surface area contributed by atoms with E-state index in [1.807, 2.05) is 18.2 Å². The Morgan fingerprint density at radius 3 is 2.46 bits per heavy atom. The lowest BCUT2D eigenvalue weighted by molar-refractivity contribution is -0.144. The second kappa shape index (κ2) is 8.36. The Morgan fingerprint density at radius 2 is 1.79 bits per heavy atom. The highest BCUT2D eigenvalue weighted by atomic mass is 35.5. The van der Waals surface area contributed by atoms with Crippen molar-refractivity contribution < 1.29 is 14.3 Å². The van der Waals surface area contributed by atoms with E-state index in [0.717, 1.165) is 11.1 Å². The van der Waals surface area contributed by atoms with Crippen LogP contribution in [0, 0.1) is 0 Å². The first kappa shape index (κ1) is 17.8. The summed E-state index contributed by atoms with van der Waals surface area (Å²) in [6.45, 7) is 0.201. The molecule has 0 radical (unpaired) electrons. The van der Waals surface area contributed by atoms with Gasteiger partial charge in [0.15, 0.2) is 0 Å². The number of anilines is 1. The molecule has 0 fully saturated rings. The summed E-state index contributed by atoms with van der Waals surface area (Å²) in [6, 6.07) is 14.0. The molecule has 2 rings (SSSR count). The number of hydrogen-bond acceptors (Lipinski definition) is 3. The van der Waals surface area contributed by atoms with Crippen molar-refractivity contribution in [1.82, 2.24) is 4.90 Å². The lowest BCUT2D eigenvalue weighted by Crippen LogP contribution is -2.27. The van der Waals surface area contributed by atoms with Crippen LogP contribution >= 0.6 is 11.6 Å². The van der Waals surface area contributed by atoms with E-state index < -0.39 is 0 Å². The standard InChI is InChI=1S/C18H19ClN2O3/c1-21(2)18(23)20-16-5-3-4-14(10-16)11-17(22)24-12-13-6-8-15(19)9-7-13/h3-10H,11-12H2,1-2H3,(H,20,23). The maximum absolute atomic E-state index is 12.0. The molecule has 0 saturated heterocycles. The van der Waals surface area contributed by atoms with Gasteiger partial charge >= 0.3 is 12.0 Å². The molecule has 2 amide bonds. The zero-order chi connectivity index (χ0) is 17.5. The van der Waals surface area contributed by atoms with Gasteiger partial charge < -0.3 is 15.0 Å². The molecular weight excluding hydrogens is 328 g/mol. The zero-order valence-corrected chi connectivity index (χ0v) is 14.3. The summed E-state index contributed by atoms with van der Waals surface area (Å²) < 4.78 is 5.25. The summed E-state index contributed by atoms with van der Waals surface area (Å²) >= 11 is 5.81. The Balaban J connectivity index is 1.89. The summed E-state index contributed by atoms with van der Waals surface area (Å²) in [7, 11) is 3.32. The van der Waals surface area contributed by atoms with Crippen molar-refractivity contribution in [3.8, 4) is 0 Å². The summed E-state index contributed by atoms with van der Waals surface area (Å²) in [5.41, 5.74) is 2.28. The molecule has 24 heavy (non-hydrogen) atoms. The van der Waals surface area contributed by atoms with Crippen LogP contribution in [0.2, 0.25) is 5.02 Å². The number of urea groups is 1. The molecule has 0 aliphatic heterocycles. The average Bonchev–Trinajstić information content (AvgIpc) is 2.54. The molecule has 0 unspecified atom stereocenters. The lowest BCUT2D eigenvalue weighted by atomic mass is 10.1. The molecule has 126 valence electrons. The first-order chi connectivity index (χ1) is 11.4. The van der Waals surface area contributed by atoms with Crippen LogP contribution in [0.15, 0.2) is 48.5 Å². The number of amides is 2. The number of rotatable bonds is 5. The van der Waals surface area contributed by atoms with Crippen LogP contribution in [0.5, 0.6) is 0 Å². The number of hydrogen-bond donors (Lipinski definition) is 1. The van der Waals surface area contributed by atoms with Gasteiger partial charge in [0.05, 0.1) is 6.42 Å². The molecular formula is C18H19ClN2O3. The molecule has 0 aliphatic carbocycles. The Kier molecular flexibility index (Phi) is 6.21. The van der Waals surface area contributed by atoms with E-state index >= 15 is 0 Å². The second-order valence-corrected chi connectivity index (χ2v) is 5.93. The third kappa shape index (κ3) is 5.59. The number of halogens is 1. The van der Waals surface area contributed by atoms with Crippen molar-refractivity contribution in [1.29, 1.82) is 0 Å². The van der Waals surface area contributed by atoms with Gasteiger partial charge in [0.25, 0.3) is 0 Å². The van der Waals surface area contributed by atoms with Crippen LogP contribution in [0.25, 0.3) is 0 Å². The van der Waals surface area contributed by atoms with Gasteiger partial charge in [-0.1, -0.05) is 35.9 Å². The van der Waals surface area contributed by atoms with Gasteiger partial charge in [0.1, 0.15) is 6.61 Å². The van der Waals surface area contributed by atoms with Gasteiger partial charge in [-0.15, -0.1) is 0 Å². The van der Waals surface area contributed by atoms with Gasteiger partial charge in [-0.3, -0.25) is 4.79 Å². The Labute approximate surface area is 146 Å². The molecule has 0 heterocycles. The zero-order valence-electron chi connectivity index (χ0n) is 13.6. The number of nitrogens with one attached hydrogen (secondary N) is 1. The van der Waals surface area contributed by atoms with E-state index in [0.29, 0.717) is 10.7 Å². The molecule has 0 atom stereocenters. The number of carbonyl (C=O) groups is 2. The van der Waals surface area contributed by atoms with E-state index in [1.165, 1.54) is 4.90 Å². The van der Waals surface area contributed by atoms with Gasteiger partial charge in [-0.05, 0) is 35.4 Å². The van der Waals surface area contributed by atoms with Gasteiger partial charge in [0, 0.05) is 24.8 Å². The summed E-state index contributed by atoms with van der Waals surface area (Å²) in [5.74, 6) is -0.332. The summed E-state index contributed by atoms with van der Waals surface area (Å²) in [5, 5.41) is 3.38. The Bertz CT molecular complexity index is 714. The van der Waals surface area contributed by atoms with E-state index in [4.69, 9.17) is 16.3 Å². The lowest BCUT2D eigenvalue weighted by Gasteiger charge is -2.12. The van der Waals surface area contributed by atoms with E-state index in [2.05, 4.69) is 5.32 Å². The van der Waals surface area contributed by atoms with Crippen LogP contribution in [-0.4, -0.2) is 31.0 Å². The fraction of sp³-hybridized carbons (Fsp3) is 0.222. The van der Waals surface area contributed by atoms with E-state index in [9.17, 15) is 9.59 Å². The Hall–Kier alpha value is -2.53. The molecule has 6 heteroatoms. The number of ether oxygens (including phenoxy) is 1. The van der Waals surface area contributed by atoms with Crippen LogP contribution in [0.4, 0.5) is 10.5 Å². The average molecular weight is 347 g/mol. The molecule has 0 aromatic heterocycles. The maximum atomic E-state index is 12.0. The van der Waals surface area contributed by atoms with Crippen molar-refractivity contribution in [2.75, 3.05) is 19.4 Å². The topological polar surface area (TPSA) is 58.6 Å². The second-order valence-electron chi connectivity index (χ2n) is 5.49. The molecule has 1 N–H and O–H groups in total. The molecule has 2 aromatic carbocycles. The largest absolute Gasteiger partial charge is 0.461 e. The highest BCUT2D eigenvalue weighted by Crippen LogP contribution is 2.13.